The van der Waals surface area contributed by atoms with Crippen LogP contribution in [0.3, 0.4) is 0 Å². The van der Waals surface area contributed by atoms with Gasteiger partial charge in [0, 0.05) is 22.4 Å². The topological polar surface area (TPSA) is 52.3 Å². The van der Waals surface area contributed by atoms with Crippen LogP contribution >= 0.6 is 0 Å². The van der Waals surface area contributed by atoms with Gasteiger partial charge in [-0.1, -0.05) is 0 Å². The largest absolute Gasteiger partial charge is 0.399 e. The molecule has 2 fully saturated rings. The lowest BCUT2D eigenvalue weighted by Gasteiger charge is -2.46. The van der Waals surface area contributed by atoms with E-state index in [4.69, 9.17) is 10.5 Å². The highest BCUT2D eigenvalue weighted by Gasteiger charge is 2.44. The highest BCUT2D eigenvalue weighted by molar-refractivity contribution is 7.85. The molecule has 2 unspecified atom stereocenters. The zero-order chi connectivity index (χ0) is 13.5. The van der Waals surface area contributed by atoms with E-state index in [-0.39, 0.29) is 10.9 Å². The smallest absolute Gasteiger partial charge is 0.0694 e. The first-order valence-electron chi connectivity index (χ1n) is 7.00. The maximum atomic E-state index is 12.8. The number of benzene rings is 1. The lowest BCUT2D eigenvalue weighted by atomic mass is 9.75. The molecule has 1 aliphatic carbocycles. The minimum atomic E-state index is -0.940. The monoisotopic (exact) mass is 279 g/mol. The molecule has 4 heteroatoms. The van der Waals surface area contributed by atoms with Gasteiger partial charge in [-0.3, -0.25) is 4.21 Å². The van der Waals surface area contributed by atoms with E-state index in [1.54, 1.807) is 0 Å². The first-order chi connectivity index (χ1) is 9.10. The van der Waals surface area contributed by atoms with Gasteiger partial charge in [0.1, 0.15) is 0 Å². The predicted molar refractivity (Wildman–Crippen MR) is 77.6 cm³/mol. The third-order valence-electron chi connectivity index (χ3n) is 4.43. The van der Waals surface area contributed by atoms with Crippen molar-refractivity contribution in [2.75, 3.05) is 12.3 Å². The van der Waals surface area contributed by atoms with Gasteiger partial charge in [0.2, 0.25) is 0 Å². The van der Waals surface area contributed by atoms with E-state index in [1.807, 2.05) is 25.1 Å². The van der Waals surface area contributed by atoms with Crippen molar-refractivity contribution < 1.29 is 8.95 Å². The summed E-state index contributed by atoms with van der Waals surface area (Å²) in [4.78, 5) is 0.940. The van der Waals surface area contributed by atoms with E-state index in [2.05, 4.69) is 0 Å². The van der Waals surface area contributed by atoms with Crippen LogP contribution in [0.25, 0.3) is 0 Å². The zero-order valence-electron chi connectivity index (χ0n) is 11.4. The second kappa shape index (κ2) is 4.91. The van der Waals surface area contributed by atoms with Gasteiger partial charge in [-0.15, -0.1) is 0 Å². The number of ether oxygens (including phenoxy) is 1. The van der Waals surface area contributed by atoms with Crippen molar-refractivity contribution in [1.29, 1.82) is 0 Å². The molecule has 3 nitrogen and oxygen atoms in total. The molecule has 1 saturated carbocycles. The zero-order valence-corrected chi connectivity index (χ0v) is 12.2. The van der Waals surface area contributed by atoms with Gasteiger partial charge in [0.15, 0.2) is 0 Å². The minimum absolute atomic E-state index is 0.0558. The molecule has 0 aromatic heterocycles. The molecule has 2 N–H and O–H groups in total. The molecule has 1 saturated heterocycles. The Labute approximate surface area is 117 Å². The average Bonchev–Trinajstić information content (AvgIpc) is 2.36. The molecule has 3 rings (SSSR count). The molecule has 104 valence electrons. The summed E-state index contributed by atoms with van der Waals surface area (Å²) in [5, 5.41) is 0.233. The Morgan fingerprint density at radius 2 is 2.21 bits per heavy atom. The lowest BCUT2D eigenvalue weighted by Crippen LogP contribution is -2.48. The number of rotatable bonds is 2. The normalized spacial score (nSPS) is 26.9. The van der Waals surface area contributed by atoms with Crippen LogP contribution in [0, 0.1) is 6.92 Å². The first kappa shape index (κ1) is 13.1. The van der Waals surface area contributed by atoms with Crippen molar-refractivity contribution in [1.82, 2.24) is 0 Å². The van der Waals surface area contributed by atoms with Crippen molar-refractivity contribution in [2.45, 2.75) is 54.8 Å². The van der Waals surface area contributed by atoms with Crippen molar-refractivity contribution in [3.05, 3.63) is 23.8 Å². The fourth-order valence-electron chi connectivity index (χ4n) is 3.16. The van der Waals surface area contributed by atoms with Crippen molar-refractivity contribution in [3.63, 3.8) is 0 Å². The molecule has 0 bridgehead atoms. The number of aryl methyl sites for hydroxylation is 1. The van der Waals surface area contributed by atoms with E-state index >= 15 is 0 Å². The number of nitrogens with two attached hydrogens (primary N) is 1. The Kier molecular flexibility index (Phi) is 3.39. The molecule has 1 aromatic carbocycles. The SMILES string of the molecule is Cc1cc(N)ccc1S(=O)C1CCOC2(CCC2)C1. The number of hydrogen-bond donors (Lipinski definition) is 1. The van der Waals surface area contributed by atoms with Gasteiger partial charge in [0.25, 0.3) is 0 Å². The third kappa shape index (κ3) is 2.43. The quantitative estimate of drug-likeness (QED) is 0.847. The second-order valence-corrected chi connectivity index (χ2v) is 7.52. The van der Waals surface area contributed by atoms with Gasteiger partial charge in [-0.25, -0.2) is 0 Å². The fraction of sp³-hybridized carbons (Fsp3) is 0.600. The molecular weight excluding hydrogens is 258 g/mol. The fourth-order valence-corrected chi connectivity index (χ4v) is 4.87. The molecule has 1 aliphatic heterocycles. The number of hydrogen-bond acceptors (Lipinski definition) is 3. The van der Waals surface area contributed by atoms with Crippen LogP contribution in [0.5, 0.6) is 0 Å². The molecule has 19 heavy (non-hydrogen) atoms. The molecule has 1 spiro atoms. The molecular formula is C15H21NO2S. The lowest BCUT2D eigenvalue weighted by molar-refractivity contribution is -0.125. The Bertz CT molecular complexity index is 511. The summed E-state index contributed by atoms with van der Waals surface area (Å²) >= 11 is 0. The van der Waals surface area contributed by atoms with E-state index in [0.717, 1.165) is 48.4 Å². The number of nitrogen functional groups attached to an aromatic ring is 1. The Hall–Kier alpha value is -0.870. The summed E-state index contributed by atoms with van der Waals surface area (Å²) in [6.07, 6.45) is 5.38. The molecule has 0 amide bonds. The van der Waals surface area contributed by atoms with Crippen LogP contribution in [0.2, 0.25) is 0 Å². The molecule has 2 atom stereocenters. The van der Waals surface area contributed by atoms with Crippen LogP contribution in [0.4, 0.5) is 5.69 Å². The Balaban J connectivity index is 1.79. The summed E-state index contributed by atoms with van der Waals surface area (Å²) in [6, 6.07) is 5.67. The number of anilines is 1. The summed E-state index contributed by atoms with van der Waals surface area (Å²) < 4.78 is 18.7. The van der Waals surface area contributed by atoms with E-state index in [9.17, 15) is 4.21 Å². The predicted octanol–water partition coefficient (Wildman–Crippen LogP) is 2.79. The molecule has 2 aliphatic rings. The minimum Gasteiger partial charge on any atom is -0.399 e. The van der Waals surface area contributed by atoms with Gasteiger partial charge in [-0.05, 0) is 62.8 Å². The van der Waals surface area contributed by atoms with Gasteiger partial charge < -0.3 is 10.5 Å². The Morgan fingerprint density at radius 1 is 1.42 bits per heavy atom. The standard InChI is InChI=1S/C15H21NO2S/c1-11-9-12(16)3-4-14(11)19(17)13-5-8-18-15(10-13)6-2-7-15/h3-4,9,13H,2,5-8,10,16H2,1H3. The summed E-state index contributed by atoms with van der Waals surface area (Å²) in [7, 11) is -0.940. The molecule has 1 heterocycles. The third-order valence-corrected chi connectivity index (χ3v) is 6.33. The average molecular weight is 279 g/mol. The van der Waals surface area contributed by atoms with Crippen LogP contribution in [0.15, 0.2) is 23.1 Å². The van der Waals surface area contributed by atoms with Crippen LogP contribution in [0.1, 0.15) is 37.7 Å². The second-order valence-electron chi connectivity index (χ2n) is 5.82. The van der Waals surface area contributed by atoms with Crippen LogP contribution in [-0.2, 0) is 15.5 Å². The molecule has 0 radical (unpaired) electrons. The summed E-state index contributed by atoms with van der Waals surface area (Å²) in [5.41, 5.74) is 7.59. The van der Waals surface area contributed by atoms with Crippen LogP contribution < -0.4 is 5.73 Å². The highest BCUT2D eigenvalue weighted by Crippen LogP contribution is 2.44. The van der Waals surface area contributed by atoms with Crippen molar-refractivity contribution in [2.24, 2.45) is 0 Å². The molecule has 1 aromatic rings. The maximum absolute atomic E-state index is 12.8. The Morgan fingerprint density at radius 3 is 2.84 bits per heavy atom. The highest BCUT2D eigenvalue weighted by atomic mass is 32.2. The van der Waals surface area contributed by atoms with Gasteiger partial charge in [0.05, 0.1) is 16.4 Å². The van der Waals surface area contributed by atoms with E-state index in [1.165, 1.54) is 6.42 Å². The van der Waals surface area contributed by atoms with Crippen molar-refractivity contribution in [3.8, 4) is 0 Å². The van der Waals surface area contributed by atoms with Gasteiger partial charge >= 0.3 is 0 Å². The summed E-state index contributed by atoms with van der Waals surface area (Å²) in [6.45, 7) is 2.74. The first-order valence-corrected chi connectivity index (χ1v) is 8.22. The summed E-state index contributed by atoms with van der Waals surface area (Å²) in [5.74, 6) is 0. The van der Waals surface area contributed by atoms with Crippen LogP contribution in [-0.4, -0.2) is 21.7 Å². The van der Waals surface area contributed by atoms with Gasteiger partial charge in [-0.2, -0.15) is 0 Å². The van der Waals surface area contributed by atoms with E-state index < -0.39 is 10.8 Å². The van der Waals surface area contributed by atoms with E-state index in [0.29, 0.717) is 0 Å². The van der Waals surface area contributed by atoms with Crippen molar-refractivity contribution >= 4 is 16.5 Å². The maximum Gasteiger partial charge on any atom is 0.0694 e.